The fourth-order valence-electron chi connectivity index (χ4n) is 2.64. The van der Waals surface area contributed by atoms with E-state index in [0.29, 0.717) is 17.7 Å². The highest BCUT2D eigenvalue weighted by atomic mass is 16.4. The van der Waals surface area contributed by atoms with Gasteiger partial charge in [0.15, 0.2) is 11.5 Å². The highest BCUT2D eigenvalue weighted by Gasteiger charge is 2.24. The van der Waals surface area contributed by atoms with Gasteiger partial charge in [-0.2, -0.15) is 0 Å². The van der Waals surface area contributed by atoms with Gasteiger partial charge < -0.3 is 9.73 Å². The molecule has 0 aliphatic heterocycles. The van der Waals surface area contributed by atoms with E-state index in [2.05, 4.69) is 5.32 Å². The highest BCUT2D eigenvalue weighted by Crippen LogP contribution is 2.25. The number of rotatable bonds is 2. The molecular formula is C17H17NO3. The third kappa shape index (κ3) is 2.61. The van der Waals surface area contributed by atoms with Crippen LogP contribution in [0.1, 0.15) is 50.6 Å². The SMILES string of the molecule is Cc1ccc(NC(=O)c2cc3c(o2)CCCC3=O)c(C)c1. The molecule has 4 heteroatoms. The van der Waals surface area contributed by atoms with Gasteiger partial charge in [0.25, 0.3) is 5.91 Å². The van der Waals surface area contributed by atoms with Crippen molar-refractivity contribution in [2.45, 2.75) is 33.1 Å². The van der Waals surface area contributed by atoms with Crippen LogP contribution < -0.4 is 5.32 Å². The number of ketones is 1. The van der Waals surface area contributed by atoms with Gasteiger partial charge in [-0.1, -0.05) is 17.7 Å². The fraction of sp³-hybridized carbons (Fsp3) is 0.294. The molecule has 4 nitrogen and oxygen atoms in total. The van der Waals surface area contributed by atoms with Crippen LogP contribution in [0.2, 0.25) is 0 Å². The number of carbonyl (C=O) groups excluding carboxylic acids is 2. The minimum Gasteiger partial charge on any atom is -0.455 e. The van der Waals surface area contributed by atoms with E-state index in [1.54, 1.807) is 6.07 Å². The van der Waals surface area contributed by atoms with Crippen LogP contribution in [0.15, 0.2) is 28.7 Å². The number of furan rings is 1. The van der Waals surface area contributed by atoms with E-state index in [9.17, 15) is 9.59 Å². The summed E-state index contributed by atoms with van der Waals surface area (Å²) in [5.41, 5.74) is 3.46. The molecule has 3 rings (SSSR count). The average molecular weight is 283 g/mol. The lowest BCUT2D eigenvalue weighted by molar-refractivity contribution is 0.0963. The van der Waals surface area contributed by atoms with Crippen molar-refractivity contribution in [1.82, 2.24) is 0 Å². The maximum atomic E-state index is 12.3. The molecule has 1 aliphatic carbocycles. The molecule has 0 saturated carbocycles. The minimum atomic E-state index is -0.316. The van der Waals surface area contributed by atoms with Crippen molar-refractivity contribution in [2.75, 3.05) is 5.32 Å². The molecule has 0 fully saturated rings. The summed E-state index contributed by atoms with van der Waals surface area (Å²) >= 11 is 0. The van der Waals surface area contributed by atoms with E-state index in [1.165, 1.54) is 0 Å². The number of hydrogen-bond donors (Lipinski definition) is 1. The van der Waals surface area contributed by atoms with E-state index in [1.807, 2.05) is 32.0 Å². The molecule has 1 aliphatic rings. The Morgan fingerprint density at radius 3 is 2.71 bits per heavy atom. The first-order valence-electron chi connectivity index (χ1n) is 7.09. The number of nitrogens with one attached hydrogen (secondary N) is 1. The number of anilines is 1. The van der Waals surface area contributed by atoms with Crippen molar-refractivity contribution in [3.63, 3.8) is 0 Å². The Balaban J connectivity index is 1.84. The van der Waals surface area contributed by atoms with Gasteiger partial charge in [0.1, 0.15) is 5.76 Å². The standard InChI is InChI=1S/C17H17NO3/c1-10-6-7-13(11(2)8-10)18-17(20)16-9-12-14(19)4-3-5-15(12)21-16/h6-9H,3-5H2,1-2H3,(H,18,20). The van der Waals surface area contributed by atoms with Gasteiger partial charge >= 0.3 is 0 Å². The number of aryl methyl sites for hydroxylation is 3. The maximum absolute atomic E-state index is 12.3. The Kier molecular flexibility index (Phi) is 3.37. The van der Waals surface area contributed by atoms with Crippen molar-refractivity contribution < 1.29 is 14.0 Å². The van der Waals surface area contributed by atoms with E-state index in [4.69, 9.17) is 4.42 Å². The van der Waals surface area contributed by atoms with Crippen LogP contribution in [-0.4, -0.2) is 11.7 Å². The molecule has 0 atom stereocenters. The number of amides is 1. The molecule has 21 heavy (non-hydrogen) atoms. The Labute approximate surface area is 123 Å². The second-order valence-electron chi connectivity index (χ2n) is 5.50. The van der Waals surface area contributed by atoms with Gasteiger partial charge in [-0.05, 0) is 31.9 Å². The number of Topliss-reactive ketones (excluding diaryl/α,β-unsaturated/α-hetero) is 1. The van der Waals surface area contributed by atoms with E-state index in [-0.39, 0.29) is 17.5 Å². The predicted molar refractivity (Wildman–Crippen MR) is 79.8 cm³/mol. The Morgan fingerprint density at radius 2 is 2.00 bits per heavy atom. The van der Waals surface area contributed by atoms with E-state index in [0.717, 1.165) is 29.7 Å². The third-order valence-electron chi connectivity index (χ3n) is 3.77. The molecule has 0 spiro atoms. The first-order valence-corrected chi connectivity index (χ1v) is 7.09. The molecule has 1 N–H and O–H groups in total. The molecule has 0 unspecified atom stereocenters. The Morgan fingerprint density at radius 1 is 1.19 bits per heavy atom. The predicted octanol–water partition coefficient (Wildman–Crippen LogP) is 3.67. The zero-order valence-corrected chi connectivity index (χ0v) is 12.2. The van der Waals surface area contributed by atoms with Gasteiger partial charge in [0.05, 0.1) is 5.56 Å². The van der Waals surface area contributed by atoms with Gasteiger partial charge in [0.2, 0.25) is 0 Å². The third-order valence-corrected chi connectivity index (χ3v) is 3.77. The lowest BCUT2D eigenvalue weighted by Crippen LogP contribution is -2.12. The Hall–Kier alpha value is -2.36. The molecule has 0 radical (unpaired) electrons. The van der Waals surface area contributed by atoms with Crippen LogP contribution in [0.4, 0.5) is 5.69 Å². The van der Waals surface area contributed by atoms with Gasteiger partial charge in [-0.3, -0.25) is 9.59 Å². The van der Waals surface area contributed by atoms with Crippen LogP contribution in [0.25, 0.3) is 0 Å². The van der Waals surface area contributed by atoms with Crippen LogP contribution in [0, 0.1) is 13.8 Å². The lowest BCUT2D eigenvalue weighted by atomic mass is 9.97. The summed E-state index contributed by atoms with van der Waals surface area (Å²) in [6, 6.07) is 7.39. The smallest absolute Gasteiger partial charge is 0.291 e. The average Bonchev–Trinajstić information content (AvgIpc) is 2.87. The van der Waals surface area contributed by atoms with Crippen molar-refractivity contribution in [1.29, 1.82) is 0 Å². The molecule has 1 aromatic carbocycles. The monoisotopic (exact) mass is 283 g/mol. The topological polar surface area (TPSA) is 59.3 Å². The number of carbonyl (C=O) groups is 2. The highest BCUT2D eigenvalue weighted by molar-refractivity contribution is 6.05. The van der Waals surface area contributed by atoms with Crippen molar-refractivity contribution in [3.05, 3.63) is 52.5 Å². The van der Waals surface area contributed by atoms with Gasteiger partial charge in [-0.25, -0.2) is 0 Å². The van der Waals surface area contributed by atoms with E-state index >= 15 is 0 Å². The van der Waals surface area contributed by atoms with Crippen LogP contribution >= 0.6 is 0 Å². The van der Waals surface area contributed by atoms with Gasteiger partial charge in [-0.15, -0.1) is 0 Å². The molecule has 2 aromatic rings. The lowest BCUT2D eigenvalue weighted by Gasteiger charge is -2.07. The fourth-order valence-corrected chi connectivity index (χ4v) is 2.64. The number of fused-ring (bicyclic) bond motifs is 1. The van der Waals surface area contributed by atoms with Crippen LogP contribution in [-0.2, 0) is 6.42 Å². The maximum Gasteiger partial charge on any atom is 0.291 e. The van der Waals surface area contributed by atoms with Crippen molar-refractivity contribution in [3.8, 4) is 0 Å². The summed E-state index contributed by atoms with van der Waals surface area (Å²) in [5, 5.41) is 2.83. The van der Waals surface area contributed by atoms with E-state index < -0.39 is 0 Å². The second-order valence-corrected chi connectivity index (χ2v) is 5.50. The quantitative estimate of drug-likeness (QED) is 0.914. The summed E-state index contributed by atoms with van der Waals surface area (Å²) in [7, 11) is 0. The minimum absolute atomic E-state index is 0.0607. The molecule has 1 heterocycles. The number of benzene rings is 1. The molecule has 0 bridgehead atoms. The zero-order chi connectivity index (χ0) is 15.0. The second kappa shape index (κ2) is 5.20. The summed E-state index contributed by atoms with van der Waals surface area (Å²) in [6.07, 6.45) is 2.04. The van der Waals surface area contributed by atoms with Crippen molar-refractivity contribution in [2.24, 2.45) is 0 Å². The molecule has 1 amide bonds. The Bertz CT molecular complexity index is 728. The number of hydrogen-bond acceptors (Lipinski definition) is 3. The van der Waals surface area contributed by atoms with Crippen LogP contribution in [0.5, 0.6) is 0 Å². The van der Waals surface area contributed by atoms with Crippen LogP contribution in [0.3, 0.4) is 0 Å². The summed E-state index contributed by atoms with van der Waals surface area (Å²) in [5.74, 6) is 0.585. The first-order chi connectivity index (χ1) is 10.0. The molecule has 0 saturated heterocycles. The summed E-state index contributed by atoms with van der Waals surface area (Å²) < 4.78 is 5.54. The molecular weight excluding hydrogens is 266 g/mol. The van der Waals surface area contributed by atoms with Crippen molar-refractivity contribution >= 4 is 17.4 Å². The van der Waals surface area contributed by atoms with Gasteiger partial charge in [0, 0.05) is 24.6 Å². The summed E-state index contributed by atoms with van der Waals surface area (Å²) in [4.78, 5) is 24.0. The normalized spacial score (nSPS) is 13.9. The first kappa shape index (κ1) is 13.6. The molecule has 108 valence electrons. The summed E-state index contributed by atoms with van der Waals surface area (Å²) in [6.45, 7) is 3.95. The molecule has 1 aromatic heterocycles. The largest absolute Gasteiger partial charge is 0.455 e. The zero-order valence-electron chi connectivity index (χ0n) is 12.2.